The maximum atomic E-state index is 13.0. The normalized spacial score (nSPS) is 12.5. The highest BCUT2D eigenvalue weighted by Gasteiger charge is 2.19. The monoisotopic (exact) mass is 442 g/mol. The first-order valence-electron chi connectivity index (χ1n) is 10.5. The van der Waals surface area contributed by atoms with Crippen LogP contribution in [0, 0.1) is 6.92 Å². The topological polar surface area (TPSA) is 51.1 Å². The van der Waals surface area contributed by atoms with Crippen molar-refractivity contribution in [3.63, 3.8) is 0 Å². The molecule has 0 saturated heterocycles. The highest BCUT2D eigenvalue weighted by atomic mass is 32.2. The number of aromatic nitrogens is 1. The fourth-order valence-electron chi connectivity index (χ4n) is 3.89. The molecule has 1 aromatic heterocycles. The minimum absolute atomic E-state index is 0.235. The average Bonchev–Trinajstić information content (AvgIpc) is 3.07. The first-order chi connectivity index (χ1) is 15.4. The summed E-state index contributed by atoms with van der Waals surface area (Å²) in [6.45, 7) is 3.91. The van der Waals surface area contributed by atoms with Gasteiger partial charge < -0.3 is 4.57 Å². The van der Waals surface area contributed by atoms with Crippen LogP contribution in [-0.4, -0.2) is 13.0 Å². The summed E-state index contributed by atoms with van der Waals surface area (Å²) < 4.78 is 30.9. The number of benzene rings is 3. The Morgan fingerprint density at radius 2 is 1.56 bits per heavy atom. The van der Waals surface area contributed by atoms with Crippen molar-refractivity contribution >= 4 is 32.6 Å². The van der Waals surface area contributed by atoms with Gasteiger partial charge in [0, 0.05) is 41.0 Å². The molecule has 1 heterocycles. The summed E-state index contributed by atoms with van der Waals surface area (Å²) >= 11 is 0. The smallest absolute Gasteiger partial charge is 0.261 e. The Hall–Kier alpha value is -3.57. The Balaban J connectivity index is 1.92. The van der Waals surface area contributed by atoms with E-state index in [1.54, 1.807) is 30.5 Å². The van der Waals surface area contributed by atoms with Gasteiger partial charge in [0.25, 0.3) is 10.0 Å². The van der Waals surface area contributed by atoms with Crippen molar-refractivity contribution in [1.82, 2.24) is 9.29 Å². The van der Waals surface area contributed by atoms with Gasteiger partial charge in [0.15, 0.2) is 0 Å². The third-order valence-corrected chi connectivity index (χ3v) is 6.84. The fraction of sp³-hybridized carbons (Fsp3) is 0.111. The second-order valence-corrected chi connectivity index (χ2v) is 9.41. The van der Waals surface area contributed by atoms with E-state index in [9.17, 15) is 8.42 Å². The third kappa shape index (κ3) is 4.12. The van der Waals surface area contributed by atoms with Gasteiger partial charge in [0.2, 0.25) is 0 Å². The standard InChI is InChI=1S/C27H26N2O2S/c1-4-10-26-27(23-13-8-9-14-25(23)29(26)3)24(21-11-6-5-7-12-21)19-28-32(30,31)22-17-15-20(2)16-18-22/h4-19,28H,1-3H3/b10-4+,24-19?. The molecule has 0 unspecified atom stereocenters. The molecular formula is C27H26N2O2S. The van der Waals surface area contributed by atoms with E-state index in [-0.39, 0.29) is 4.90 Å². The second kappa shape index (κ2) is 8.89. The average molecular weight is 443 g/mol. The SMILES string of the molecule is C/C=C/c1c(C(=CNS(=O)(=O)c2ccc(C)cc2)c2ccccc2)c2ccccc2n1C. The number of sulfonamides is 1. The summed E-state index contributed by atoms with van der Waals surface area (Å²) in [6, 6.07) is 24.9. The molecule has 0 atom stereocenters. The minimum Gasteiger partial charge on any atom is -0.344 e. The van der Waals surface area contributed by atoms with Gasteiger partial charge in [-0.2, -0.15) is 0 Å². The lowest BCUT2D eigenvalue weighted by atomic mass is 9.96. The molecule has 0 aliphatic rings. The zero-order valence-electron chi connectivity index (χ0n) is 18.4. The maximum absolute atomic E-state index is 13.0. The molecule has 32 heavy (non-hydrogen) atoms. The van der Waals surface area contributed by atoms with Crippen molar-refractivity contribution in [2.75, 3.05) is 0 Å². The van der Waals surface area contributed by atoms with E-state index < -0.39 is 10.0 Å². The van der Waals surface area contributed by atoms with E-state index >= 15 is 0 Å². The van der Waals surface area contributed by atoms with Gasteiger partial charge in [0.1, 0.15) is 0 Å². The molecule has 0 radical (unpaired) electrons. The van der Waals surface area contributed by atoms with Crippen molar-refractivity contribution < 1.29 is 8.42 Å². The molecule has 0 aliphatic heterocycles. The lowest BCUT2D eigenvalue weighted by molar-refractivity contribution is 0.590. The third-order valence-electron chi connectivity index (χ3n) is 5.52. The van der Waals surface area contributed by atoms with Crippen LogP contribution in [0.2, 0.25) is 0 Å². The van der Waals surface area contributed by atoms with E-state index in [1.165, 1.54) is 0 Å². The van der Waals surface area contributed by atoms with Crippen LogP contribution in [0.15, 0.2) is 96.0 Å². The van der Waals surface area contributed by atoms with Crippen molar-refractivity contribution in [2.24, 2.45) is 7.05 Å². The summed E-state index contributed by atoms with van der Waals surface area (Å²) in [5.74, 6) is 0. The minimum atomic E-state index is -3.71. The van der Waals surface area contributed by atoms with Crippen molar-refractivity contribution in [3.05, 3.63) is 114 Å². The van der Waals surface area contributed by atoms with Crippen molar-refractivity contribution in [1.29, 1.82) is 0 Å². The summed E-state index contributed by atoms with van der Waals surface area (Å²) in [7, 11) is -1.68. The molecule has 0 bridgehead atoms. The van der Waals surface area contributed by atoms with Gasteiger partial charge in [-0.05, 0) is 43.7 Å². The van der Waals surface area contributed by atoms with Crippen LogP contribution in [0.25, 0.3) is 22.6 Å². The van der Waals surface area contributed by atoms with Gasteiger partial charge in [-0.15, -0.1) is 0 Å². The predicted octanol–water partition coefficient (Wildman–Crippen LogP) is 5.89. The van der Waals surface area contributed by atoms with Crippen LogP contribution in [0.1, 0.15) is 29.3 Å². The summed E-state index contributed by atoms with van der Waals surface area (Å²) in [4.78, 5) is 0.235. The lowest BCUT2D eigenvalue weighted by Gasteiger charge is -2.12. The van der Waals surface area contributed by atoms with E-state index in [1.807, 2.05) is 69.4 Å². The Labute approximate surface area is 189 Å². The molecule has 4 nitrogen and oxygen atoms in total. The van der Waals surface area contributed by atoms with Gasteiger partial charge in [-0.1, -0.05) is 72.3 Å². The Morgan fingerprint density at radius 1 is 0.906 bits per heavy atom. The molecule has 162 valence electrons. The Bertz CT molecular complexity index is 1410. The van der Waals surface area contributed by atoms with Crippen molar-refractivity contribution in [2.45, 2.75) is 18.7 Å². The van der Waals surface area contributed by atoms with E-state index in [4.69, 9.17) is 0 Å². The van der Waals surface area contributed by atoms with E-state index in [0.29, 0.717) is 0 Å². The number of hydrogen-bond donors (Lipinski definition) is 1. The quantitative estimate of drug-likeness (QED) is 0.405. The molecule has 0 saturated carbocycles. The molecule has 5 heteroatoms. The number of para-hydroxylation sites is 1. The number of aryl methyl sites for hydroxylation is 2. The highest BCUT2D eigenvalue weighted by molar-refractivity contribution is 7.89. The predicted molar refractivity (Wildman–Crippen MR) is 133 cm³/mol. The lowest BCUT2D eigenvalue weighted by Crippen LogP contribution is -2.18. The molecular weight excluding hydrogens is 416 g/mol. The highest BCUT2D eigenvalue weighted by Crippen LogP contribution is 2.35. The van der Waals surface area contributed by atoms with Crippen LogP contribution < -0.4 is 4.72 Å². The Morgan fingerprint density at radius 3 is 2.25 bits per heavy atom. The first-order valence-corrected chi connectivity index (χ1v) is 12.0. The van der Waals surface area contributed by atoms with Crippen LogP contribution in [0.4, 0.5) is 0 Å². The van der Waals surface area contributed by atoms with E-state index in [2.05, 4.69) is 27.5 Å². The number of nitrogens with one attached hydrogen (secondary N) is 1. The Kier molecular flexibility index (Phi) is 6.01. The number of fused-ring (bicyclic) bond motifs is 1. The maximum Gasteiger partial charge on any atom is 0.261 e. The molecule has 4 rings (SSSR count). The largest absolute Gasteiger partial charge is 0.344 e. The molecule has 0 spiro atoms. The molecule has 0 aliphatic carbocycles. The molecule has 1 N–H and O–H groups in total. The number of allylic oxidation sites excluding steroid dienone is 1. The van der Waals surface area contributed by atoms with Crippen LogP contribution in [-0.2, 0) is 17.1 Å². The van der Waals surface area contributed by atoms with Gasteiger partial charge in [-0.25, -0.2) is 8.42 Å². The number of hydrogen-bond acceptors (Lipinski definition) is 2. The number of nitrogens with zero attached hydrogens (tertiary/aromatic N) is 1. The fourth-order valence-corrected chi connectivity index (χ4v) is 4.79. The number of rotatable bonds is 6. The second-order valence-electron chi connectivity index (χ2n) is 7.69. The summed E-state index contributed by atoms with van der Waals surface area (Å²) in [6.07, 6.45) is 5.66. The zero-order chi connectivity index (χ0) is 22.7. The first kappa shape index (κ1) is 21.7. The summed E-state index contributed by atoms with van der Waals surface area (Å²) in [5.41, 5.74) is 5.83. The van der Waals surface area contributed by atoms with Gasteiger partial charge in [0.05, 0.1) is 4.90 Å². The van der Waals surface area contributed by atoms with Crippen molar-refractivity contribution in [3.8, 4) is 0 Å². The molecule has 4 aromatic rings. The van der Waals surface area contributed by atoms with E-state index in [0.717, 1.165) is 38.9 Å². The van der Waals surface area contributed by atoms with Crippen LogP contribution in [0.5, 0.6) is 0 Å². The van der Waals surface area contributed by atoms with Crippen LogP contribution in [0.3, 0.4) is 0 Å². The molecule has 3 aromatic carbocycles. The van der Waals surface area contributed by atoms with Gasteiger partial charge >= 0.3 is 0 Å². The zero-order valence-corrected chi connectivity index (χ0v) is 19.2. The molecule has 0 fully saturated rings. The molecule has 0 amide bonds. The summed E-state index contributed by atoms with van der Waals surface area (Å²) in [5, 5.41) is 1.06. The van der Waals surface area contributed by atoms with Gasteiger partial charge in [-0.3, -0.25) is 4.72 Å². The van der Waals surface area contributed by atoms with Crippen LogP contribution >= 0.6 is 0 Å².